The number of benzene rings is 6. The van der Waals surface area contributed by atoms with Crippen LogP contribution in [0.5, 0.6) is 0 Å². The second-order valence-electron chi connectivity index (χ2n) is 12.4. The van der Waals surface area contributed by atoms with Crippen LogP contribution in [0.25, 0.3) is 98.3 Å². The van der Waals surface area contributed by atoms with E-state index in [0.29, 0.717) is 5.82 Å². The molecule has 4 aromatic heterocycles. The highest BCUT2D eigenvalue weighted by Gasteiger charge is 2.21. The number of hydrogen-bond donors (Lipinski definition) is 0. The van der Waals surface area contributed by atoms with Gasteiger partial charge in [0.25, 0.3) is 0 Å². The van der Waals surface area contributed by atoms with E-state index >= 15 is 0 Å². The lowest BCUT2D eigenvalue weighted by Gasteiger charge is -2.13. The molecule has 10 rings (SSSR count). The molecule has 0 saturated carbocycles. The molecule has 0 radical (unpaired) electrons. The van der Waals surface area contributed by atoms with Gasteiger partial charge in [-0.1, -0.05) is 115 Å². The average molecular weight is 658 g/mol. The van der Waals surface area contributed by atoms with Crippen molar-refractivity contribution in [3.8, 4) is 56.2 Å². The Kier molecular flexibility index (Phi) is 6.64. The largest absolute Gasteiger partial charge is 0.455 e. The van der Waals surface area contributed by atoms with Gasteiger partial charge in [-0.15, -0.1) is 11.3 Å². The van der Waals surface area contributed by atoms with Crippen molar-refractivity contribution >= 4 is 53.4 Å². The summed E-state index contributed by atoms with van der Waals surface area (Å²) in [4.78, 5) is 14.9. The molecule has 4 nitrogen and oxygen atoms in total. The Morgan fingerprint density at radius 3 is 2.06 bits per heavy atom. The van der Waals surface area contributed by atoms with Crippen molar-refractivity contribution in [2.24, 2.45) is 0 Å². The topological polar surface area (TPSA) is 51.8 Å². The van der Waals surface area contributed by atoms with Crippen LogP contribution < -0.4 is 0 Å². The maximum absolute atomic E-state index is 6.73. The third kappa shape index (κ3) is 4.71. The van der Waals surface area contributed by atoms with Gasteiger partial charge in [0.05, 0.1) is 17.0 Å². The predicted molar refractivity (Wildman–Crippen MR) is 207 cm³/mol. The highest BCUT2D eigenvalue weighted by Crippen LogP contribution is 2.44. The van der Waals surface area contributed by atoms with Crippen LogP contribution in [0.2, 0.25) is 0 Å². The molecule has 5 heteroatoms. The first-order valence-corrected chi connectivity index (χ1v) is 17.4. The highest BCUT2D eigenvalue weighted by molar-refractivity contribution is 7.25. The minimum absolute atomic E-state index is 0.609. The molecule has 50 heavy (non-hydrogen) atoms. The maximum Gasteiger partial charge on any atom is 0.164 e. The Balaban J connectivity index is 1.22. The van der Waals surface area contributed by atoms with E-state index in [-0.39, 0.29) is 0 Å². The summed E-state index contributed by atoms with van der Waals surface area (Å²) >= 11 is 1.83. The molecule has 0 aliphatic carbocycles. The molecule has 234 valence electrons. The van der Waals surface area contributed by atoms with Crippen molar-refractivity contribution < 1.29 is 4.42 Å². The fourth-order valence-electron chi connectivity index (χ4n) is 7.08. The Hall–Kier alpha value is -6.43. The Bertz CT molecular complexity index is 2870. The molecule has 0 aliphatic rings. The zero-order valence-corrected chi connectivity index (χ0v) is 27.6. The van der Waals surface area contributed by atoms with Crippen molar-refractivity contribution in [2.45, 2.75) is 0 Å². The van der Waals surface area contributed by atoms with Gasteiger partial charge in [-0.2, -0.15) is 0 Å². The van der Waals surface area contributed by atoms with Crippen LogP contribution in [0.4, 0.5) is 0 Å². The number of thiophene rings is 1. The van der Waals surface area contributed by atoms with Gasteiger partial charge in [-0.3, -0.25) is 4.98 Å². The number of aromatic nitrogens is 3. The van der Waals surface area contributed by atoms with Crippen LogP contribution in [-0.2, 0) is 0 Å². The van der Waals surface area contributed by atoms with E-state index in [4.69, 9.17) is 14.4 Å². The van der Waals surface area contributed by atoms with Crippen LogP contribution >= 0.6 is 11.3 Å². The monoisotopic (exact) mass is 657 g/mol. The number of furan rings is 1. The molecular formula is C45H27N3OS. The molecule has 0 N–H and O–H groups in total. The van der Waals surface area contributed by atoms with Crippen LogP contribution in [-0.4, -0.2) is 15.0 Å². The fraction of sp³-hybridized carbons (Fsp3) is 0. The summed E-state index contributed by atoms with van der Waals surface area (Å²) in [5.74, 6) is 0.609. The predicted octanol–water partition coefficient (Wildman–Crippen LogP) is 12.5. The number of para-hydroxylation sites is 1. The van der Waals surface area contributed by atoms with Gasteiger partial charge in [0.1, 0.15) is 11.2 Å². The van der Waals surface area contributed by atoms with Crippen molar-refractivity contribution in [3.05, 3.63) is 164 Å². The molecular weight excluding hydrogens is 631 g/mol. The minimum atomic E-state index is 0.609. The van der Waals surface area contributed by atoms with Crippen molar-refractivity contribution in [1.29, 1.82) is 0 Å². The van der Waals surface area contributed by atoms with Crippen molar-refractivity contribution in [1.82, 2.24) is 15.0 Å². The number of fused-ring (bicyclic) bond motifs is 6. The number of hydrogen-bond acceptors (Lipinski definition) is 5. The molecule has 0 unspecified atom stereocenters. The van der Waals surface area contributed by atoms with Crippen LogP contribution in [0.15, 0.2) is 168 Å². The van der Waals surface area contributed by atoms with E-state index in [1.165, 1.54) is 20.2 Å². The van der Waals surface area contributed by atoms with Gasteiger partial charge in [-0.05, 0) is 53.1 Å². The van der Waals surface area contributed by atoms with E-state index in [1.54, 1.807) is 6.20 Å². The molecule has 0 aliphatic heterocycles. The zero-order valence-electron chi connectivity index (χ0n) is 26.7. The first-order valence-electron chi connectivity index (χ1n) is 16.6. The highest BCUT2D eigenvalue weighted by atomic mass is 32.1. The zero-order chi connectivity index (χ0) is 33.0. The van der Waals surface area contributed by atoms with Gasteiger partial charge in [-0.25, -0.2) is 9.97 Å². The Morgan fingerprint density at radius 2 is 1.18 bits per heavy atom. The van der Waals surface area contributed by atoms with Crippen LogP contribution in [0, 0.1) is 0 Å². The van der Waals surface area contributed by atoms with E-state index in [9.17, 15) is 0 Å². The summed E-state index contributed by atoms with van der Waals surface area (Å²) in [6.07, 6.45) is 3.69. The lowest BCUT2D eigenvalue weighted by Crippen LogP contribution is -1.97. The number of nitrogens with zero attached hydrogens (tertiary/aromatic N) is 3. The quantitative estimate of drug-likeness (QED) is 0.185. The fourth-order valence-corrected chi connectivity index (χ4v) is 8.23. The summed E-state index contributed by atoms with van der Waals surface area (Å²) in [6.45, 7) is 0. The van der Waals surface area contributed by atoms with Gasteiger partial charge in [0, 0.05) is 60.0 Å². The summed E-state index contributed by atoms with van der Waals surface area (Å²) in [5, 5.41) is 4.70. The summed E-state index contributed by atoms with van der Waals surface area (Å²) < 4.78 is 9.30. The van der Waals surface area contributed by atoms with E-state index in [0.717, 1.165) is 72.3 Å². The van der Waals surface area contributed by atoms with Crippen LogP contribution in [0.3, 0.4) is 0 Å². The molecule has 4 heterocycles. The summed E-state index contributed by atoms with van der Waals surface area (Å²) in [6, 6.07) is 52.8. The third-order valence-electron chi connectivity index (χ3n) is 9.43. The third-order valence-corrected chi connectivity index (χ3v) is 10.6. The van der Waals surface area contributed by atoms with E-state index < -0.39 is 0 Å². The molecule has 0 bridgehead atoms. The number of rotatable bonds is 5. The Labute approximate surface area is 292 Å². The van der Waals surface area contributed by atoms with Crippen molar-refractivity contribution in [3.63, 3.8) is 0 Å². The van der Waals surface area contributed by atoms with E-state index in [2.05, 4.69) is 120 Å². The lowest BCUT2D eigenvalue weighted by atomic mass is 9.95. The van der Waals surface area contributed by atoms with Crippen molar-refractivity contribution in [2.75, 3.05) is 0 Å². The van der Waals surface area contributed by atoms with Gasteiger partial charge >= 0.3 is 0 Å². The lowest BCUT2D eigenvalue weighted by molar-refractivity contribution is 0.669. The standard InChI is InChI=1S/C45H27N3OS/c1-2-11-28(12-3-1)38-26-39(33-15-5-4-14-31(33)30-13-10-24-46-27-30)48-45(47-38)37-23-22-32(43-36-17-6-8-18-40(36)49-44(37)43)29-20-21-35-34-16-7-9-19-41(34)50-42(35)25-29/h1-27H. The van der Waals surface area contributed by atoms with Gasteiger partial charge in [0.2, 0.25) is 0 Å². The van der Waals surface area contributed by atoms with E-state index in [1.807, 2.05) is 53.9 Å². The first kappa shape index (κ1) is 28.6. The van der Waals surface area contributed by atoms with Gasteiger partial charge in [0.15, 0.2) is 5.82 Å². The van der Waals surface area contributed by atoms with Crippen LogP contribution in [0.1, 0.15) is 0 Å². The Morgan fingerprint density at radius 1 is 0.460 bits per heavy atom. The molecule has 0 saturated heterocycles. The molecule has 0 amide bonds. The molecule has 6 aromatic carbocycles. The normalized spacial score (nSPS) is 11.6. The minimum Gasteiger partial charge on any atom is -0.455 e. The van der Waals surface area contributed by atoms with Gasteiger partial charge < -0.3 is 4.42 Å². The molecule has 0 fully saturated rings. The average Bonchev–Trinajstić information content (AvgIpc) is 3.77. The second-order valence-corrected chi connectivity index (χ2v) is 13.5. The smallest absolute Gasteiger partial charge is 0.164 e. The molecule has 10 aromatic rings. The molecule has 0 spiro atoms. The summed E-state index contributed by atoms with van der Waals surface area (Å²) in [5.41, 5.74) is 10.5. The molecule has 0 atom stereocenters. The summed E-state index contributed by atoms with van der Waals surface area (Å²) in [7, 11) is 0. The SMILES string of the molecule is c1ccc(-c2cc(-c3ccccc3-c3cccnc3)nc(-c3ccc(-c4ccc5c(c4)sc4ccccc45)c4c3oc3ccccc34)n2)cc1. The second kappa shape index (κ2) is 11.6. The number of pyridine rings is 1. The maximum atomic E-state index is 6.73. The first-order chi connectivity index (χ1) is 24.8.